The van der Waals surface area contributed by atoms with E-state index in [1.54, 1.807) is 23.1 Å². The van der Waals surface area contributed by atoms with Crippen molar-refractivity contribution in [3.05, 3.63) is 53.6 Å². The lowest BCUT2D eigenvalue weighted by atomic mass is 10.1. The van der Waals surface area contributed by atoms with Gasteiger partial charge in [0.1, 0.15) is 0 Å². The summed E-state index contributed by atoms with van der Waals surface area (Å²) in [6, 6.07) is 14.2. The largest absolute Gasteiger partial charge is 0.376 e. The maximum absolute atomic E-state index is 13.5. The first-order valence-electron chi connectivity index (χ1n) is 10.2. The number of thioether (sulfide) groups is 1. The normalized spacial score (nSPS) is 16.4. The van der Waals surface area contributed by atoms with Gasteiger partial charge in [0, 0.05) is 17.1 Å². The van der Waals surface area contributed by atoms with Gasteiger partial charge in [0.25, 0.3) is 5.91 Å². The lowest BCUT2D eigenvalue weighted by molar-refractivity contribution is 0.0917. The van der Waals surface area contributed by atoms with Gasteiger partial charge in [0.2, 0.25) is 0 Å². The number of nitrogens with zero attached hydrogens (tertiary/aromatic N) is 2. The molecule has 1 fully saturated rings. The first-order valence-corrected chi connectivity index (χ1v) is 12.0. The van der Waals surface area contributed by atoms with Gasteiger partial charge in [-0.1, -0.05) is 43.4 Å². The smallest absolute Gasteiger partial charge is 0.260 e. The summed E-state index contributed by atoms with van der Waals surface area (Å²) >= 11 is 3.34. The van der Waals surface area contributed by atoms with Crippen LogP contribution in [0.3, 0.4) is 0 Å². The van der Waals surface area contributed by atoms with Gasteiger partial charge in [0.15, 0.2) is 5.13 Å². The minimum Gasteiger partial charge on any atom is -0.376 e. The van der Waals surface area contributed by atoms with Crippen LogP contribution in [0.4, 0.5) is 5.13 Å². The van der Waals surface area contributed by atoms with E-state index < -0.39 is 0 Å². The van der Waals surface area contributed by atoms with E-state index in [1.165, 1.54) is 5.56 Å². The number of carbonyl (C=O) groups is 1. The molecule has 0 N–H and O–H groups in total. The quantitative estimate of drug-likeness (QED) is 0.448. The van der Waals surface area contributed by atoms with Crippen molar-refractivity contribution in [1.82, 2.24) is 4.98 Å². The summed E-state index contributed by atoms with van der Waals surface area (Å²) in [5, 5.41) is 0.759. The molecule has 3 aromatic rings. The Morgan fingerprint density at radius 3 is 2.90 bits per heavy atom. The molecule has 4 nitrogen and oxygen atoms in total. The van der Waals surface area contributed by atoms with Crippen molar-refractivity contribution in [1.29, 1.82) is 0 Å². The van der Waals surface area contributed by atoms with Crippen molar-refractivity contribution < 1.29 is 9.53 Å². The number of aryl methyl sites for hydroxylation is 1. The predicted octanol–water partition coefficient (Wildman–Crippen LogP) is 5.80. The Balaban J connectivity index is 1.71. The van der Waals surface area contributed by atoms with Gasteiger partial charge in [-0.25, -0.2) is 4.98 Å². The summed E-state index contributed by atoms with van der Waals surface area (Å²) in [5.74, 6) is 0.978. The average molecular weight is 427 g/mol. The maximum atomic E-state index is 13.5. The van der Waals surface area contributed by atoms with Crippen LogP contribution in [0.2, 0.25) is 0 Å². The first kappa shape index (κ1) is 20.4. The minimum atomic E-state index is -0.00356. The first-order chi connectivity index (χ1) is 14.2. The van der Waals surface area contributed by atoms with E-state index in [9.17, 15) is 4.79 Å². The van der Waals surface area contributed by atoms with Crippen molar-refractivity contribution in [3.8, 4) is 0 Å². The molecule has 0 aliphatic carbocycles. The zero-order valence-corrected chi connectivity index (χ0v) is 18.5. The lowest BCUT2D eigenvalue weighted by Crippen LogP contribution is -2.37. The number of thiazole rings is 1. The van der Waals surface area contributed by atoms with E-state index in [1.807, 2.05) is 23.1 Å². The number of benzene rings is 2. The maximum Gasteiger partial charge on any atom is 0.260 e. The monoisotopic (exact) mass is 426 g/mol. The number of carbonyl (C=O) groups excluding carboxylic acids is 1. The Morgan fingerprint density at radius 1 is 1.28 bits per heavy atom. The fourth-order valence-corrected chi connectivity index (χ4v) is 5.42. The Bertz CT molecular complexity index is 995. The van der Waals surface area contributed by atoms with E-state index in [4.69, 9.17) is 9.72 Å². The van der Waals surface area contributed by atoms with E-state index in [-0.39, 0.29) is 12.0 Å². The van der Waals surface area contributed by atoms with Crippen LogP contribution in [0.1, 0.15) is 42.6 Å². The van der Waals surface area contributed by atoms with Gasteiger partial charge < -0.3 is 4.74 Å². The van der Waals surface area contributed by atoms with Crippen LogP contribution in [-0.2, 0) is 11.2 Å². The number of rotatable bonds is 7. The fourth-order valence-electron chi connectivity index (χ4n) is 3.68. The highest BCUT2D eigenvalue weighted by atomic mass is 32.2. The van der Waals surface area contributed by atoms with Gasteiger partial charge in [-0.3, -0.25) is 9.69 Å². The molecule has 0 radical (unpaired) electrons. The molecule has 4 rings (SSSR count). The molecule has 29 heavy (non-hydrogen) atoms. The molecule has 1 amide bonds. The molecule has 6 heteroatoms. The highest BCUT2D eigenvalue weighted by molar-refractivity contribution is 7.99. The molecular weight excluding hydrogens is 400 g/mol. The second-order valence-corrected chi connectivity index (χ2v) is 9.47. The zero-order chi connectivity index (χ0) is 20.2. The van der Waals surface area contributed by atoms with Crippen LogP contribution < -0.4 is 4.90 Å². The zero-order valence-electron chi connectivity index (χ0n) is 16.9. The number of amides is 1. The number of hydrogen-bond donors (Lipinski definition) is 0. The second kappa shape index (κ2) is 9.28. The predicted molar refractivity (Wildman–Crippen MR) is 122 cm³/mol. The molecule has 1 aliphatic rings. The minimum absolute atomic E-state index is 0.00356. The molecule has 0 bridgehead atoms. The summed E-state index contributed by atoms with van der Waals surface area (Å²) < 4.78 is 6.98. The number of para-hydroxylation sites is 1. The van der Waals surface area contributed by atoms with Crippen molar-refractivity contribution in [3.63, 3.8) is 0 Å². The molecular formula is C23H26N2O2S2. The van der Waals surface area contributed by atoms with Gasteiger partial charge in [0.05, 0.1) is 22.9 Å². The molecule has 1 aliphatic heterocycles. The van der Waals surface area contributed by atoms with Crippen LogP contribution >= 0.6 is 23.1 Å². The molecule has 0 saturated carbocycles. The van der Waals surface area contributed by atoms with Crippen molar-refractivity contribution in [2.75, 3.05) is 23.8 Å². The number of ether oxygens (including phenoxy) is 1. The van der Waals surface area contributed by atoms with Crippen molar-refractivity contribution in [2.24, 2.45) is 0 Å². The molecule has 0 spiro atoms. The molecule has 1 unspecified atom stereocenters. The average Bonchev–Trinajstić information content (AvgIpc) is 3.41. The molecule has 152 valence electrons. The van der Waals surface area contributed by atoms with Crippen molar-refractivity contribution >= 4 is 44.4 Å². The third kappa shape index (κ3) is 4.49. The summed E-state index contributed by atoms with van der Waals surface area (Å²) in [4.78, 5) is 21.4. The van der Waals surface area contributed by atoms with E-state index in [0.717, 1.165) is 51.9 Å². The third-order valence-corrected chi connectivity index (χ3v) is 7.07. The Hall–Kier alpha value is -1.89. The van der Waals surface area contributed by atoms with Gasteiger partial charge in [-0.15, -0.1) is 11.8 Å². The third-order valence-electron chi connectivity index (χ3n) is 5.15. The van der Waals surface area contributed by atoms with Crippen molar-refractivity contribution in [2.45, 2.75) is 44.1 Å². The highest BCUT2D eigenvalue weighted by Crippen LogP contribution is 2.33. The molecule has 2 aromatic carbocycles. The second-order valence-electron chi connectivity index (χ2n) is 7.13. The van der Waals surface area contributed by atoms with Crippen LogP contribution in [0.15, 0.2) is 47.4 Å². The number of fused-ring (bicyclic) bond motifs is 1. The fraction of sp³-hybridized carbons (Fsp3) is 0.391. The number of hydrogen-bond acceptors (Lipinski definition) is 5. The van der Waals surface area contributed by atoms with Crippen LogP contribution in [-0.4, -0.2) is 35.9 Å². The summed E-state index contributed by atoms with van der Waals surface area (Å²) in [5.41, 5.74) is 2.93. The van der Waals surface area contributed by atoms with Gasteiger partial charge in [-0.05, 0) is 54.8 Å². The van der Waals surface area contributed by atoms with Crippen LogP contribution in [0.25, 0.3) is 10.2 Å². The van der Waals surface area contributed by atoms with Gasteiger partial charge in [-0.2, -0.15) is 0 Å². The Kier molecular flexibility index (Phi) is 6.53. The SMILES string of the molecule is CCSc1cccc(C(=O)N(CC2CCCO2)c2nc3c(CC)cccc3s2)c1. The van der Waals surface area contributed by atoms with E-state index in [0.29, 0.717) is 12.1 Å². The Morgan fingerprint density at radius 2 is 2.14 bits per heavy atom. The van der Waals surface area contributed by atoms with E-state index >= 15 is 0 Å². The molecule has 2 heterocycles. The van der Waals surface area contributed by atoms with Crippen LogP contribution in [0, 0.1) is 0 Å². The molecule has 1 saturated heterocycles. The summed E-state index contributed by atoms with van der Waals surface area (Å²) in [6.45, 7) is 5.58. The summed E-state index contributed by atoms with van der Waals surface area (Å²) in [6.07, 6.45) is 3.04. The van der Waals surface area contributed by atoms with Crippen LogP contribution in [0.5, 0.6) is 0 Å². The van der Waals surface area contributed by atoms with Gasteiger partial charge >= 0.3 is 0 Å². The summed E-state index contributed by atoms with van der Waals surface area (Å²) in [7, 11) is 0. The number of anilines is 1. The van der Waals surface area contributed by atoms with E-state index in [2.05, 4.69) is 38.1 Å². The topological polar surface area (TPSA) is 42.4 Å². The Labute approximate surface area is 180 Å². The standard InChI is InChI=1S/C23H26N2O2S2/c1-3-16-8-6-12-20-21(16)24-23(29-20)25(15-18-10-7-13-27-18)22(26)17-9-5-11-19(14-17)28-4-2/h5-6,8-9,11-12,14,18H,3-4,7,10,13,15H2,1-2H3. The molecule has 1 aromatic heterocycles. The number of aromatic nitrogens is 1. The molecule has 1 atom stereocenters. The lowest BCUT2D eigenvalue weighted by Gasteiger charge is -2.23. The highest BCUT2D eigenvalue weighted by Gasteiger charge is 2.27.